The van der Waals surface area contributed by atoms with Gasteiger partial charge in [0.05, 0.1) is 6.61 Å². The predicted molar refractivity (Wildman–Crippen MR) is 31.3 cm³/mol. The maximum atomic E-state index is 10.6. The van der Waals surface area contributed by atoms with E-state index in [9.17, 15) is 4.21 Å². The Hall–Kier alpha value is 0.0700. The minimum atomic E-state index is -1.16. The van der Waals surface area contributed by atoms with Crippen LogP contribution in [0.3, 0.4) is 0 Å². The van der Waals surface area contributed by atoms with Gasteiger partial charge in [-0.25, -0.2) is 4.21 Å². The molecular weight excluding hydrogens is 126 g/mol. The van der Waals surface area contributed by atoms with E-state index in [1.54, 1.807) is 11.4 Å². The molecular formula is C4H9NO2S. The van der Waals surface area contributed by atoms with Crippen molar-refractivity contribution in [3.63, 3.8) is 0 Å². The van der Waals surface area contributed by atoms with Crippen LogP contribution in [-0.2, 0) is 15.4 Å². The summed E-state index contributed by atoms with van der Waals surface area (Å²) in [6.07, 6.45) is 0. The van der Waals surface area contributed by atoms with Crippen molar-refractivity contribution in [3.8, 4) is 0 Å². The van der Waals surface area contributed by atoms with Crippen molar-refractivity contribution >= 4 is 11.3 Å². The largest absolute Gasteiger partial charge is 0.276 e. The van der Waals surface area contributed by atoms with E-state index in [-0.39, 0.29) is 0 Å². The zero-order valence-corrected chi connectivity index (χ0v) is 5.77. The summed E-state index contributed by atoms with van der Waals surface area (Å²) in [5.74, 6) is 0. The van der Waals surface area contributed by atoms with Crippen LogP contribution in [0.15, 0.2) is 0 Å². The number of rotatable bonds is 0. The Labute approximate surface area is 51.4 Å². The van der Waals surface area contributed by atoms with Gasteiger partial charge in [0.1, 0.15) is 0 Å². The standard InChI is InChI=1S/C4H9NO2S/c1-4-3-7-8(6)5(4)2/h4H,3H2,1-2H3. The molecule has 1 heterocycles. The lowest BCUT2D eigenvalue weighted by Gasteiger charge is -2.06. The van der Waals surface area contributed by atoms with E-state index in [1.807, 2.05) is 6.92 Å². The molecule has 0 aliphatic carbocycles. The minimum Gasteiger partial charge on any atom is -0.276 e. The third-order valence-corrected chi connectivity index (χ3v) is 2.43. The Balaban J connectivity index is 2.56. The van der Waals surface area contributed by atoms with Gasteiger partial charge in [-0.2, -0.15) is 4.31 Å². The molecule has 0 spiro atoms. The van der Waals surface area contributed by atoms with Gasteiger partial charge in [0.2, 0.25) is 11.3 Å². The van der Waals surface area contributed by atoms with Crippen molar-refractivity contribution in [1.29, 1.82) is 0 Å². The van der Waals surface area contributed by atoms with Crippen molar-refractivity contribution in [2.75, 3.05) is 13.7 Å². The topological polar surface area (TPSA) is 29.5 Å². The molecule has 0 N–H and O–H groups in total. The molecule has 1 fully saturated rings. The van der Waals surface area contributed by atoms with Crippen LogP contribution in [0.25, 0.3) is 0 Å². The van der Waals surface area contributed by atoms with Gasteiger partial charge in [0.15, 0.2) is 0 Å². The first-order valence-electron chi connectivity index (χ1n) is 2.50. The Morgan fingerprint density at radius 2 is 2.50 bits per heavy atom. The fraction of sp³-hybridized carbons (Fsp3) is 1.00. The number of nitrogens with zero attached hydrogens (tertiary/aromatic N) is 1. The number of hydrogen-bond acceptors (Lipinski definition) is 2. The highest BCUT2D eigenvalue weighted by molar-refractivity contribution is 7.77. The van der Waals surface area contributed by atoms with E-state index in [4.69, 9.17) is 4.18 Å². The average Bonchev–Trinajstić information content (AvgIpc) is 1.98. The molecule has 0 aromatic rings. The highest BCUT2D eigenvalue weighted by Gasteiger charge is 2.24. The molecule has 0 amide bonds. The van der Waals surface area contributed by atoms with Crippen LogP contribution in [0.5, 0.6) is 0 Å². The highest BCUT2D eigenvalue weighted by atomic mass is 32.2. The molecule has 0 aromatic carbocycles. The summed E-state index contributed by atoms with van der Waals surface area (Å²) in [6.45, 7) is 2.56. The molecule has 0 radical (unpaired) electrons. The van der Waals surface area contributed by atoms with Crippen molar-refractivity contribution in [1.82, 2.24) is 4.31 Å². The molecule has 48 valence electrons. The summed E-state index contributed by atoms with van der Waals surface area (Å²) >= 11 is -1.16. The monoisotopic (exact) mass is 135 g/mol. The lowest BCUT2D eigenvalue weighted by atomic mass is 10.4. The van der Waals surface area contributed by atoms with Crippen molar-refractivity contribution in [2.24, 2.45) is 0 Å². The SMILES string of the molecule is CC1COS(=O)N1C. The first-order valence-corrected chi connectivity index (χ1v) is 3.53. The second kappa shape index (κ2) is 2.13. The van der Waals surface area contributed by atoms with Gasteiger partial charge in [-0.05, 0) is 6.92 Å². The van der Waals surface area contributed by atoms with Crippen LogP contribution in [0, 0.1) is 0 Å². The molecule has 2 atom stereocenters. The summed E-state index contributed by atoms with van der Waals surface area (Å²) in [7, 11) is 1.79. The lowest BCUT2D eigenvalue weighted by Crippen LogP contribution is -2.23. The number of hydrogen-bond donors (Lipinski definition) is 0. The van der Waals surface area contributed by atoms with Gasteiger partial charge in [-0.1, -0.05) is 0 Å². The zero-order chi connectivity index (χ0) is 6.15. The third-order valence-electron chi connectivity index (χ3n) is 1.27. The first kappa shape index (κ1) is 6.19. The average molecular weight is 135 g/mol. The van der Waals surface area contributed by atoms with Crippen LogP contribution in [0.2, 0.25) is 0 Å². The molecule has 1 rings (SSSR count). The van der Waals surface area contributed by atoms with Crippen LogP contribution in [-0.4, -0.2) is 28.2 Å². The Bertz CT molecular complexity index is 117. The van der Waals surface area contributed by atoms with E-state index in [0.717, 1.165) is 0 Å². The summed E-state index contributed by atoms with van der Waals surface area (Å²) in [4.78, 5) is 0. The van der Waals surface area contributed by atoms with Gasteiger partial charge in [-0.3, -0.25) is 4.18 Å². The minimum absolute atomic E-state index is 0.302. The van der Waals surface area contributed by atoms with Gasteiger partial charge in [-0.15, -0.1) is 0 Å². The lowest BCUT2D eigenvalue weighted by molar-refractivity contribution is 0.343. The van der Waals surface area contributed by atoms with Crippen LogP contribution >= 0.6 is 0 Å². The van der Waals surface area contributed by atoms with Gasteiger partial charge in [0.25, 0.3) is 0 Å². The van der Waals surface area contributed by atoms with E-state index < -0.39 is 11.3 Å². The molecule has 3 nitrogen and oxygen atoms in total. The molecule has 0 saturated carbocycles. The Morgan fingerprint density at radius 3 is 2.62 bits per heavy atom. The maximum Gasteiger partial charge on any atom is 0.237 e. The summed E-state index contributed by atoms with van der Waals surface area (Å²) in [5, 5.41) is 0. The Kier molecular flexibility index (Phi) is 1.65. The second-order valence-electron chi connectivity index (χ2n) is 1.90. The Morgan fingerprint density at radius 1 is 1.88 bits per heavy atom. The maximum absolute atomic E-state index is 10.6. The van der Waals surface area contributed by atoms with Crippen LogP contribution in [0.4, 0.5) is 0 Å². The van der Waals surface area contributed by atoms with E-state index in [1.165, 1.54) is 0 Å². The van der Waals surface area contributed by atoms with Gasteiger partial charge >= 0.3 is 0 Å². The molecule has 0 aromatic heterocycles. The second-order valence-corrected chi connectivity index (χ2v) is 3.14. The van der Waals surface area contributed by atoms with Gasteiger partial charge < -0.3 is 0 Å². The third kappa shape index (κ3) is 0.913. The molecule has 1 aliphatic heterocycles. The summed E-state index contributed by atoms with van der Waals surface area (Å²) < 4.78 is 17.1. The van der Waals surface area contributed by atoms with Crippen molar-refractivity contribution in [3.05, 3.63) is 0 Å². The molecule has 1 saturated heterocycles. The van der Waals surface area contributed by atoms with Crippen molar-refractivity contribution in [2.45, 2.75) is 13.0 Å². The zero-order valence-electron chi connectivity index (χ0n) is 4.96. The summed E-state index contributed by atoms with van der Waals surface area (Å²) in [6, 6.07) is 0.302. The van der Waals surface area contributed by atoms with E-state index in [2.05, 4.69) is 0 Å². The molecule has 2 unspecified atom stereocenters. The molecule has 8 heavy (non-hydrogen) atoms. The number of likely N-dealkylation sites (N-methyl/N-ethyl adjacent to an activating group) is 1. The first-order chi connectivity index (χ1) is 3.72. The van der Waals surface area contributed by atoms with Crippen LogP contribution < -0.4 is 0 Å². The molecule has 0 bridgehead atoms. The summed E-state index contributed by atoms with van der Waals surface area (Å²) in [5.41, 5.74) is 0. The van der Waals surface area contributed by atoms with Gasteiger partial charge in [0, 0.05) is 13.1 Å². The smallest absolute Gasteiger partial charge is 0.237 e. The van der Waals surface area contributed by atoms with E-state index >= 15 is 0 Å². The quantitative estimate of drug-likeness (QED) is 0.465. The fourth-order valence-corrected chi connectivity index (χ4v) is 1.33. The normalized spacial score (nSPS) is 40.8. The molecule has 1 aliphatic rings. The predicted octanol–water partition coefficient (Wildman–Crippen LogP) is -0.0844. The highest BCUT2D eigenvalue weighted by Crippen LogP contribution is 2.09. The van der Waals surface area contributed by atoms with Crippen LogP contribution in [0.1, 0.15) is 6.92 Å². The molecule has 4 heteroatoms. The van der Waals surface area contributed by atoms with E-state index in [0.29, 0.717) is 12.6 Å². The fourth-order valence-electron chi connectivity index (χ4n) is 0.492. The van der Waals surface area contributed by atoms with Crippen molar-refractivity contribution < 1.29 is 8.39 Å².